The number of aliphatic imine (C=N–C) groups is 1. The van der Waals surface area contributed by atoms with Gasteiger partial charge in [0.15, 0.2) is 5.96 Å². The number of carbonyl (C=O) groups excluding carboxylic acids is 4. The summed E-state index contributed by atoms with van der Waals surface area (Å²) >= 11 is 4.05. The highest BCUT2D eigenvalue weighted by Crippen LogP contribution is 2.06. The van der Waals surface area contributed by atoms with Crippen LogP contribution in [0.4, 0.5) is 0 Å². The maximum absolute atomic E-state index is 12.7. The van der Waals surface area contributed by atoms with Gasteiger partial charge in [-0.2, -0.15) is 12.6 Å². The van der Waals surface area contributed by atoms with Crippen molar-refractivity contribution in [2.45, 2.75) is 63.7 Å². The molecule has 0 aliphatic rings. The third-order valence-electron chi connectivity index (χ3n) is 4.97. The minimum absolute atomic E-state index is 0.0160. The quantitative estimate of drug-likeness (QED) is 0.0442. The van der Waals surface area contributed by atoms with Gasteiger partial charge in [-0.05, 0) is 18.8 Å². The minimum Gasteiger partial charge on any atom is -0.480 e. The van der Waals surface area contributed by atoms with Crippen molar-refractivity contribution in [2.75, 3.05) is 12.3 Å². The number of nitrogens with two attached hydrogens (primary N) is 4. The van der Waals surface area contributed by atoms with Gasteiger partial charge in [-0.25, -0.2) is 4.79 Å². The van der Waals surface area contributed by atoms with Gasteiger partial charge in [0.25, 0.3) is 0 Å². The van der Waals surface area contributed by atoms with E-state index in [9.17, 15) is 29.1 Å². The Bertz CT molecular complexity index is 761. The van der Waals surface area contributed by atoms with Crippen molar-refractivity contribution < 1.29 is 29.1 Å². The van der Waals surface area contributed by atoms with E-state index in [0.29, 0.717) is 6.42 Å². The first kappa shape index (κ1) is 30.9. The van der Waals surface area contributed by atoms with Gasteiger partial charge in [-0.3, -0.25) is 24.2 Å². The summed E-state index contributed by atoms with van der Waals surface area (Å²) in [6.45, 7) is 3.79. The van der Waals surface area contributed by atoms with Gasteiger partial charge in [0, 0.05) is 12.3 Å². The number of primary amides is 1. The molecule has 14 nitrogen and oxygen atoms in total. The standard InChI is InChI=1S/C19H36N8O6S/c1-3-9(2)14(21)17(31)27-12(8-34)16(30)26-11(7-13(20)28)15(29)25-10(18(32)33)5-4-6-24-19(22)23/h9-12,14,34H,3-8,21H2,1-2H3,(H2,20,28)(H,25,29)(H,26,30)(H,27,31)(H,32,33)(H4,22,23,24). The normalized spacial score (nSPS) is 15.1. The minimum atomic E-state index is -1.48. The van der Waals surface area contributed by atoms with E-state index in [1.807, 2.05) is 6.92 Å². The SMILES string of the molecule is CCC(C)C(N)C(=O)NC(CS)C(=O)NC(CC(N)=O)C(=O)NC(CCCN=C(N)N)C(=O)O. The summed E-state index contributed by atoms with van der Waals surface area (Å²) in [7, 11) is 0. The molecule has 0 aliphatic carbocycles. The van der Waals surface area contributed by atoms with Crippen LogP contribution in [-0.4, -0.2) is 77.1 Å². The topological polar surface area (TPSA) is 258 Å². The van der Waals surface area contributed by atoms with E-state index in [4.69, 9.17) is 22.9 Å². The van der Waals surface area contributed by atoms with Crippen LogP contribution in [0.2, 0.25) is 0 Å². The van der Waals surface area contributed by atoms with Crippen molar-refractivity contribution in [3.63, 3.8) is 0 Å². The average molecular weight is 505 g/mol. The number of carboxylic acid groups (broad SMARTS) is 1. The van der Waals surface area contributed by atoms with Crippen molar-refractivity contribution in [1.29, 1.82) is 0 Å². The Hall–Kier alpha value is -3.07. The zero-order valence-electron chi connectivity index (χ0n) is 19.3. The Kier molecular flexibility index (Phi) is 14.3. The fourth-order valence-corrected chi connectivity index (χ4v) is 2.95. The van der Waals surface area contributed by atoms with Gasteiger partial charge in [0.1, 0.15) is 18.1 Å². The fraction of sp³-hybridized carbons (Fsp3) is 0.684. The van der Waals surface area contributed by atoms with Crippen LogP contribution in [0.15, 0.2) is 4.99 Å². The Balaban J connectivity index is 5.29. The van der Waals surface area contributed by atoms with Crippen LogP contribution < -0.4 is 38.9 Å². The Labute approximate surface area is 203 Å². The largest absolute Gasteiger partial charge is 0.480 e. The summed E-state index contributed by atoms with van der Waals surface area (Å²) in [5, 5.41) is 16.4. The summed E-state index contributed by atoms with van der Waals surface area (Å²) in [5.41, 5.74) is 21.5. The number of amides is 4. The molecule has 15 heteroatoms. The maximum atomic E-state index is 12.7. The number of thiol groups is 1. The van der Waals surface area contributed by atoms with E-state index in [1.54, 1.807) is 6.92 Å². The molecule has 0 saturated carbocycles. The third-order valence-corrected chi connectivity index (χ3v) is 5.34. The molecule has 0 aromatic heterocycles. The van der Waals surface area contributed by atoms with E-state index < -0.39 is 60.2 Å². The fourth-order valence-electron chi connectivity index (χ4n) is 2.69. The van der Waals surface area contributed by atoms with Crippen LogP contribution >= 0.6 is 12.6 Å². The number of hydrogen-bond acceptors (Lipinski definition) is 8. The summed E-state index contributed by atoms with van der Waals surface area (Å²) in [6, 6.07) is -4.83. The van der Waals surface area contributed by atoms with Crippen molar-refractivity contribution in [3.05, 3.63) is 0 Å². The Morgan fingerprint density at radius 1 is 0.941 bits per heavy atom. The van der Waals surface area contributed by atoms with Crippen molar-refractivity contribution in [2.24, 2.45) is 33.8 Å². The predicted molar refractivity (Wildman–Crippen MR) is 128 cm³/mol. The first-order valence-corrected chi connectivity index (χ1v) is 11.3. The molecule has 0 rings (SSSR count). The molecule has 0 spiro atoms. The van der Waals surface area contributed by atoms with E-state index in [0.717, 1.165) is 0 Å². The molecule has 0 fully saturated rings. The number of nitrogens with one attached hydrogen (secondary N) is 3. The van der Waals surface area contributed by atoms with E-state index in [-0.39, 0.29) is 37.0 Å². The third kappa shape index (κ3) is 11.7. The lowest BCUT2D eigenvalue weighted by Crippen LogP contribution is -2.58. The highest BCUT2D eigenvalue weighted by atomic mass is 32.1. The second-order valence-electron chi connectivity index (χ2n) is 7.73. The Morgan fingerprint density at radius 2 is 1.47 bits per heavy atom. The van der Waals surface area contributed by atoms with E-state index >= 15 is 0 Å². The second-order valence-corrected chi connectivity index (χ2v) is 8.10. The van der Waals surface area contributed by atoms with Crippen molar-refractivity contribution in [1.82, 2.24) is 16.0 Å². The van der Waals surface area contributed by atoms with Gasteiger partial charge in [0.05, 0.1) is 12.5 Å². The zero-order valence-corrected chi connectivity index (χ0v) is 20.2. The lowest BCUT2D eigenvalue weighted by molar-refractivity contribution is -0.142. The number of carboxylic acids is 1. The molecule has 0 bridgehead atoms. The van der Waals surface area contributed by atoms with E-state index in [2.05, 4.69) is 33.6 Å². The van der Waals surface area contributed by atoms with Crippen LogP contribution in [-0.2, 0) is 24.0 Å². The number of aliphatic carboxylic acids is 1. The first-order valence-electron chi connectivity index (χ1n) is 10.7. The summed E-state index contributed by atoms with van der Waals surface area (Å²) in [6.07, 6.45) is 0.269. The monoisotopic (exact) mass is 504 g/mol. The summed E-state index contributed by atoms with van der Waals surface area (Å²) in [4.78, 5) is 64.3. The smallest absolute Gasteiger partial charge is 0.326 e. The van der Waals surface area contributed by atoms with Crippen LogP contribution in [0.25, 0.3) is 0 Å². The van der Waals surface area contributed by atoms with Gasteiger partial charge in [-0.15, -0.1) is 0 Å². The second kappa shape index (κ2) is 15.7. The molecule has 194 valence electrons. The molecule has 0 radical (unpaired) electrons. The highest BCUT2D eigenvalue weighted by Gasteiger charge is 2.31. The highest BCUT2D eigenvalue weighted by molar-refractivity contribution is 7.80. The molecule has 0 aliphatic heterocycles. The number of guanidine groups is 1. The summed E-state index contributed by atoms with van der Waals surface area (Å²) in [5.74, 6) is -5.01. The van der Waals surface area contributed by atoms with Crippen LogP contribution in [0.1, 0.15) is 39.5 Å². The van der Waals surface area contributed by atoms with Crippen LogP contribution in [0.3, 0.4) is 0 Å². The molecule has 5 unspecified atom stereocenters. The number of rotatable bonds is 16. The molecule has 12 N–H and O–H groups in total. The molecule has 4 amide bonds. The molecular weight excluding hydrogens is 468 g/mol. The first-order chi connectivity index (χ1) is 15.8. The number of carbonyl (C=O) groups is 5. The predicted octanol–water partition coefficient (Wildman–Crippen LogP) is -3.24. The average Bonchev–Trinajstić information content (AvgIpc) is 2.76. The Morgan fingerprint density at radius 3 is 1.94 bits per heavy atom. The molecule has 0 saturated heterocycles. The van der Waals surface area contributed by atoms with Crippen LogP contribution in [0, 0.1) is 5.92 Å². The maximum Gasteiger partial charge on any atom is 0.326 e. The van der Waals surface area contributed by atoms with Gasteiger partial charge in [-0.1, -0.05) is 20.3 Å². The number of nitrogens with zero attached hydrogens (tertiary/aromatic N) is 1. The molecule has 5 atom stereocenters. The lowest BCUT2D eigenvalue weighted by atomic mass is 9.99. The summed E-state index contributed by atoms with van der Waals surface area (Å²) < 4.78 is 0. The van der Waals surface area contributed by atoms with Crippen LogP contribution in [0.5, 0.6) is 0 Å². The molecule has 0 aromatic carbocycles. The van der Waals surface area contributed by atoms with Gasteiger partial charge < -0.3 is 44.0 Å². The van der Waals surface area contributed by atoms with Gasteiger partial charge >= 0.3 is 5.97 Å². The molecule has 0 heterocycles. The van der Waals surface area contributed by atoms with E-state index in [1.165, 1.54) is 0 Å². The zero-order chi connectivity index (χ0) is 26.4. The number of hydrogen-bond donors (Lipinski definition) is 9. The molecule has 0 aromatic rings. The molecular formula is C19H36N8O6S. The van der Waals surface area contributed by atoms with Crippen molar-refractivity contribution in [3.8, 4) is 0 Å². The van der Waals surface area contributed by atoms with Gasteiger partial charge in [0.2, 0.25) is 23.6 Å². The lowest BCUT2D eigenvalue weighted by Gasteiger charge is -2.25. The van der Waals surface area contributed by atoms with Crippen molar-refractivity contribution >= 4 is 48.2 Å². The molecule has 34 heavy (non-hydrogen) atoms.